The number of rotatable bonds is 15. The van der Waals surface area contributed by atoms with Crippen LogP contribution in [0.4, 0.5) is 11.5 Å². The Labute approximate surface area is 444 Å². The summed E-state index contributed by atoms with van der Waals surface area (Å²) in [5, 5.41) is 45.2. The van der Waals surface area contributed by atoms with Crippen molar-refractivity contribution in [1.82, 2.24) is 49.6 Å². The number of nitrogens with one attached hydrogen (secondary N) is 1. The van der Waals surface area contributed by atoms with Crippen LogP contribution >= 0.6 is 0 Å². The van der Waals surface area contributed by atoms with E-state index in [1.54, 1.807) is 15.5 Å². The molecule has 3 atom stereocenters. The Hall–Kier alpha value is -7.59. The summed E-state index contributed by atoms with van der Waals surface area (Å²) in [6.07, 6.45) is 3.25. The van der Waals surface area contributed by atoms with Crippen molar-refractivity contribution in [2.75, 3.05) is 88.9 Å². The van der Waals surface area contributed by atoms with Crippen molar-refractivity contribution in [1.29, 1.82) is 5.26 Å². The van der Waals surface area contributed by atoms with Crippen LogP contribution in [0.25, 0.3) is 27.8 Å². The van der Waals surface area contributed by atoms with Gasteiger partial charge >= 0.3 is 6.01 Å². The number of aromatic nitrogens is 5. The maximum absolute atomic E-state index is 13.2. The molecule has 2 amide bonds. The fourth-order valence-corrected chi connectivity index (χ4v) is 11.7. The van der Waals surface area contributed by atoms with E-state index in [9.17, 15) is 25.1 Å². The van der Waals surface area contributed by atoms with Gasteiger partial charge in [-0.1, -0.05) is 62.9 Å². The number of fused-ring (bicyclic) bond motifs is 2. The van der Waals surface area contributed by atoms with Crippen molar-refractivity contribution >= 4 is 34.1 Å². The second kappa shape index (κ2) is 22.3. The molecule has 76 heavy (non-hydrogen) atoms. The number of nitrogens with zero attached hydrogens (tertiary/aromatic N) is 12. The highest BCUT2D eigenvalue weighted by Crippen LogP contribution is 2.39. The lowest BCUT2D eigenvalue weighted by Crippen LogP contribution is -2.55. The van der Waals surface area contributed by atoms with Crippen LogP contribution in [-0.4, -0.2) is 164 Å². The van der Waals surface area contributed by atoms with Crippen LogP contribution in [0.1, 0.15) is 78.1 Å². The fourth-order valence-electron chi connectivity index (χ4n) is 11.7. The smallest absolute Gasteiger partial charge is 0.318 e. The van der Waals surface area contributed by atoms with Crippen LogP contribution in [-0.2, 0) is 24.3 Å². The highest BCUT2D eigenvalue weighted by atomic mass is 16.5. The van der Waals surface area contributed by atoms with Crippen LogP contribution in [0, 0.1) is 18.3 Å². The molecular weight excluding hydrogens is 959 g/mol. The summed E-state index contributed by atoms with van der Waals surface area (Å²) in [7, 11) is 2.18. The summed E-state index contributed by atoms with van der Waals surface area (Å²) >= 11 is 0. The summed E-state index contributed by atoms with van der Waals surface area (Å²) in [5.41, 5.74) is 7.28. The molecule has 2 aromatic heterocycles. The highest BCUT2D eigenvalue weighted by molar-refractivity contribution is 5.97. The third-order valence-corrected chi connectivity index (χ3v) is 15.8. The number of amides is 2. The topological polar surface area (TPSA) is 196 Å². The van der Waals surface area contributed by atoms with Crippen LogP contribution < -0.4 is 19.9 Å². The van der Waals surface area contributed by atoms with Gasteiger partial charge < -0.3 is 35.0 Å². The van der Waals surface area contributed by atoms with Crippen molar-refractivity contribution in [3.8, 4) is 40.7 Å². The van der Waals surface area contributed by atoms with Crippen molar-refractivity contribution < 1.29 is 24.5 Å². The molecule has 4 aliphatic rings. The first kappa shape index (κ1) is 51.9. The zero-order valence-corrected chi connectivity index (χ0v) is 44.3. The van der Waals surface area contributed by atoms with Crippen molar-refractivity contribution in [3.05, 3.63) is 119 Å². The van der Waals surface area contributed by atoms with E-state index >= 15 is 0 Å². The van der Waals surface area contributed by atoms with E-state index in [2.05, 4.69) is 115 Å². The number of carbonyl (C=O) groups excluding carboxylic acids is 2. The Kier molecular flexibility index (Phi) is 15.2. The molecule has 3 saturated heterocycles. The normalized spacial score (nSPS) is 19.5. The predicted octanol–water partition coefficient (Wildman–Crippen LogP) is 6.42. The molecule has 396 valence electrons. The number of phenolic OH excluding ortho intramolecular Hbond substituents is 2. The Balaban J connectivity index is 0.801. The molecule has 0 radical (unpaired) electrons. The standard InChI is InChI=1S/C58H69N13O5/c1-7-52(74)70-28-27-69(34-42(70)19-21-59)54-45-20-22-68(49-14-10-13-40-12-9-11-38(5)53(40)49)35-48(45)61-58(62-54)76-36-44-29-43(33-65(44)6)67-25-23-66(24-26-67)32-39-15-17-41(18-16-39)71-55(63-64-56(71)57(75)60-8-2)47-30-46(37(3)4)50(72)31-51(47)73/h7,9-18,30-31,37,42-44,72-73H,1,8,19-20,22-29,32-36H2,2-6H3,(H,60,75)/t42-,43-,44-/m0/s1. The highest BCUT2D eigenvalue weighted by Gasteiger charge is 2.37. The van der Waals surface area contributed by atoms with E-state index in [0.717, 1.165) is 81.3 Å². The van der Waals surface area contributed by atoms with Gasteiger partial charge in [0.1, 0.15) is 23.9 Å². The molecule has 10 rings (SSSR count). The van der Waals surface area contributed by atoms with Crippen molar-refractivity contribution in [2.24, 2.45) is 0 Å². The SMILES string of the molecule is C=CC(=O)N1CCN(c2nc(OC[C@@H]3C[C@H](N4CCN(Cc5ccc(-n6c(C(=O)NCC)nnc6-c6cc(C(C)C)c(O)cc6O)cc5)CC4)CN3C)nc3c2CCN(c2cccc4cccc(C)c24)C3)C[C@@H]1CC#N. The summed E-state index contributed by atoms with van der Waals surface area (Å²) in [4.78, 5) is 50.3. The number of anilines is 2. The van der Waals surface area contributed by atoms with Gasteiger partial charge in [-0.25, -0.2) is 0 Å². The summed E-state index contributed by atoms with van der Waals surface area (Å²) in [5.74, 6) is 0.506. The third kappa shape index (κ3) is 10.5. The molecule has 0 saturated carbocycles. The minimum atomic E-state index is -0.381. The molecule has 4 aliphatic heterocycles. The lowest BCUT2D eigenvalue weighted by Gasteiger charge is -2.42. The molecule has 0 bridgehead atoms. The Morgan fingerprint density at radius 3 is 2.43 bits per heavy atom. The quantitative estimate of drug-likeness (QED) is 0.0954. The van der Waals surface area contributed by atoms with Gasteiger partial charge in [-0.05, 0) is 92.1 Å². The summed E-state index contributed by atoms with van der Waals surface area (Å²) < 4.78 is 8.31. The maximum Gasteiger partial charge on any atom is 0.318 e. The van der Waals surface area contributed by atoms with E-state index in [0.29, 0.717) is 74.0 Å². The molecule has 0 aliphatic carbocycles. The van der Waals surface area contributed by atoms with Gasteiger partial charge in [-0.2, -0.15) is 15.2 Å². The average molecular weight is 1030 g/mol. The third-order valence-electron chi connectivity index (χ3n) is 15.8. The second-order valence-electron chi connectivity index (χ2n) is 21.0. The molecule has 3 fully saturated rings. The number of nitriles is 1. The molecule has 18 heteroatoms. The zero-order chi connectivity index (χ0) is 53.2. The number of carbonyl (C=O) groups is 2. The van der Waals surface area contributed by atoms with E-state index in [1.165, 1.54) is 34.2 Å². The van der Waals surface area contributed by atoms with Crippen molar-refractivity contribution in [3.63, 3.8) is 0 Å². The number of aryl methyl sites for hydroxylation is 1. The van der Waals surface area contributed by atoms with E-state index in [-0.39, 0.29) is 53.6 Å². The van der Waals surface area contributed by atoms with E-state index in [1.807, 2.05) is 32.9 Å². The van der Waals surface area contributed by atoms with Crippen LogP contribution in [0.5, 0.6) is 17.5 Å². The molecular formula is C58H69N13O5. The molecule has 4 aromatic carbocycles. The Bertz CT molecular complexity index is 3160. The number of benzene rings is 4. The van der Waals surface area contributed by atoms with Crippen LogP contribution in [0.3, 0.4) is 0 Å². The average Bonchev–Trinajstić information content (AvgIpc) is 4.03. The van der Waals surface area contributed by atoms with E-state index in [4.69, 9.17) is 14.7 Å². The largest absolute Gasteiger partial charge is 0.508 e. The maximum atomic E-state index is 13.2. The molecule has 6 aromatic rings. The minimum Gasteiger partial charge on any atom is -0.508 e. The van der Waals surface area contributed by atoms with Gasteiger partial charge in [-0.15, -0.1) is 10.2 Å². The van der Waals surface area contributed by atoms with E-state index < -0.39 is 0 Å². The second-order valence-corrected chi connectivity index (χ2v) is 21.0. The van der Waals surface area contributed by atoms with Gasteiger partial charge in [0.15, 0.2) is 5.82 Å². The Morgan fingerprint density at radius 2 is 1.70 bits per heavy atom. The lowest BCUT2D eigenvalue weighted by atomic mass is 9.98. The molecule has 6 heterocycles. The van der Waals surface area contributed by atoms with Crippen LogP contribution in [0.15, 0.2) is 85.5 Å². The van der Waals surface area contributed by atoms with Gasteiger partial charge in [0, 0.05) is 112 Å². The molecule has 18 nitrogen and oxygen atoms in total. The van der Waals surface area contributed by atoms with Crippen LogP contribution in [0.2, 0.25) is 0 Å². The first-order valence-electron chi connectivity index (χ1n) is 26.7. The monoisotopic (exact) mass is 1030 g/mol. The number of hydrogen-bond acceptors (Lipinski definition) is 15. The number of aromatic hydroxyl groups is 2. The van der Waals surface area contributed by atoms with Gasteiger partial charge in [-0.3, -0.25) is 28.9 Å². The van der Waals surface area contributed by atoms with Crippen molar-refractivity contribution in [2.45, 2.75) is 84.1 Å². The van der Waals surface area contributed by atoms with Gasteiger partial charge in [0.25, 0.3) is 5.91 Å². The Morgan fingerprint density at radius 1 is 0.921 bits per heavy atom. The number of likely N-dealkylation sites (N-methyl/N-ethyl adjacent to an activating group) is 1. The number of phenols is 2. The van der Waals surface area contributed by atoms with Gasteiger partial charge in [0.2, 0.25) is 11.7 Å². The number of piperazine rings is 2. The number of hydrogen-bond donors (Lipinski definition) is 3. The summed E-state index contributed by atoms with van der Waals surface area (Å²) in [6.45, 7) is 20.9. The zero-order valence-electron chi connectivity index (χ0n) is 44.3. The molecule has 0 unspecified atom stereocenters. The number of likely N-dealkylation sites (tertiary alicyclic amines) is 1. The fraction of sp³-hybridized carbons (Fsp3) is 0.431. The lowest BCUT2D eigenvalue weighted by molar-refractivity contribution is -0.128. The molecule has 3 N–H and O–H groups in total. The minimum absolute atomic E-state index is 0.00526. The molecule has 0 spiro atoms. The summed E-state index contributed by atoms with van der Waals surface area (Å²) in [6, 6.07) is 26.9. The van der Waals surface area contributed by atoms with Gasteiger partial charge in [0.05, 0.1) is 36.3 Å². The first-order valence-corrected chi connectivity index (χ1v) is 26.7. The number of ether oxygens (including phenoxy) is 1. The first-order chi connectivity index (χ1) is 36.8. The predicted molar refractivity (Wildman–Crippen MR) is 293 cm³/mol.